The van der Waals surface area contributed by atoms with Gasteiger partial charge in [-0.25, -0.2) is 0 Å². The van der Waals surface area contributed by atoms with E-state index in [1.165, 1.54) is 18.4 Å². The molecule has 4 nitrogen and oxygen atoms in total. The van der Waals surface area contributed by atoms with Gasteiger partial charge in [0.2, 0.25) is 0 Å². The maximum absolute atomic E-state index is 11.1. The zero-order chi connectivity index (χ0) is 12.5. The highest BCUT2D eigenvalue weighted by Crippen LogP contribution is 2.36. The monoisotopic (exact) mass is 247 g/mol. The number of hydrogen-bond acceptors (Lipinski definition) is 3. The van der Waals surface area contributed by atoms with E-state index in [4.69, 9.17) is 4.74 Å². The molecule has 2 aliphatic rings. The fraction of sp³-hybridized carbons (Fsp3) is 0.571. The van der Waals surface area contributed by atoms with Crippen LogP contribution < -0.4 is 4.74 Å². The minimum Gasteiger partial charge on any atom is -0.483 e. The maximum atomic E-state index is 11.1. The van der Waals surface area contributed by atoms with Crippen LogP contribution in [0.2, 0.25) is 0 Å². The SMILES string of the molecule is O=[N+]([O-])c1cc2c(cc1OC1CCCC1)CCC2. The van der Waals surface area contributed by atoms with Crippen LogP contribution in [0.5, 0.6) is 5.75 Å². The molecule has 1 aromatic carbocycles. The normalized spacial score (nSPS) is 18.9. The fourth-order valence-electron chi connectivity index (χ4n) is 3.01. The van der Waals surface area contributed by atoms with E-state index in [0.717, 1.165) is 37.7 Å². The average Bonchev–Trinajstić information content (AvgIpc) is 2.97. The molecule has 0 heterocycles. The summed E-state index contributed by atoms with van der Waals surface area (Å²) in [6.07, 6.45) is 7.63. The molecule has 18 heavy (non-hydrogen) atoms. The predicted octanol–water partition coefficient (Wildman–Crippen LogP) is 3.40. The van der Waals surface area contributed by atoms with Crippen LogP contribution in [-0.2, 0) is 12.8 Å². The van der Waals surface area contributed by atoms with E-state index in [1.807, 2.05) is 6.07 Å². The Bertz CT molecular complexity index is 478. The highest BCUT2D eigenvalue weighted by atomic mass is 16.6. The third-order valence-electron chi connectivity index (χ3n) is 3.97. The van der Waals surface area contributed by atoms with Gasteiger partial charge in [-0.05, 0) is 62.1 Å². The molecule has 96 valence electrons. The van der Waals surface area contributed by atoms with Crippen LogP contribution in [0.4, 0.5) is 5.69 Å². The van der Waals surface area contributed by atoms with Crippen molar-refractivity contribution in [2.45, 2.75) is 51.0 Å². The first-order valence-corrected chi connectivity index (χ1v) is 6.71. The standard InChI is InChI=1S/C14H17NO3/c16-15(17)13-8-10-4-3-5-11(10)9-14(13)18-12-6-1-2-7-12/h8-9,12H,1-7H2. The number of hydrogen-bond donors (Lipinski definition) is 0. The van der Waals surface area contributed by atoms with E-state index in [2.05, 4.69) is 0 Å². The van der Waals surface area contributed by atoms with Gasteiger partial charge in [0.05, 0.1) is 11.0 Å². The van der Waals surface area contributed by atoms with Crippen LogP contribution in [0.15, 0.2) is 12.1 Å². The number of benzene rings is 1. The van der Waals surface area contributed by atoms with Crippen LogP contribution in [0, 0.1) is 10.1 Å². The summed E-state index contributed by atoms with van der Waals surface area (Å²) < 4.78 is 5.85. The van der Waals surface area contributed by atoms with Crippen LogP contribution in [0.3, 0.4) is 0 Å². The number of rotatable bonds is 3. The zero-order valence-corrected chi connectivity index (χ0v) is 10.4. The first-order valence-electron chi connectivity index (χ1n) is 6.71. The van der Waals surface area contributed by atoms with Crippen LogP contribution in [0.25, 0.3) is 0 Å². The van der Waals surface area contributed by atoms with Crippen molar-refractivity contribution in [2.24, 2.45) is 0 Å². The van der Waals surface area contributed by atoms with Crippen molar-refractivity contribution in [3.63, 3.8) is 0 Å². The summed E-state index contributed by atoms with van der Waals surface area (Å²) in [6, 6.07) is 3.62. The fourth-order valence-corrected chi connectivity index (χ4v) is 3.01. The molecule has 0 aliphatic heterocycles. The van der Waals surface area contributed by atoms with Gasteiger partial charge in [-0.15, -0.1) is 0 Å². The number of nitro benzene ring substituents is 1. The van der Waals surface area contributed by atoms with Crippen molar-refractivity contribution in [2.75, 3.05) is 0 Å². The van der Waals surface area contributed by atoms with Crippen LogP contribution in [-0.4, -0.2) is 11.0 Å². The number of aryl methyl sites for hydroxylation is 2. The summed E-state index contributed by atoms with van der Waals surface area (Å²) >= 11 is 0. The highest BCUT2D eigenvalue weighted by molar-refractivity contribution is 5.53. The molecule has 0 aromatic heterocycles. The Morgan fingerprint density at radius 2 is 1.78 bits per heavy atom. The molecule has 0 amide bonds. The van der Waals surface area contributed by atoms with Gasteiger partial charge in [0.25, 0.3) is 0 Å². The molecule has 0 N–H and O–H groups in total. The lowest BCUT2D eigenvalue weighted by atomic mass is 10.1. The Morgan fingerprint density at radius 1 is 1.11 bits per heavy atom. The molecule has 0 spiro atoms. The van der Waals surface area contributed by atoms with E-state index in [9.17, 15) is 10.1 Å². The van der Waals surface area contributed by atoms with Crippen molar-refractivity contribution >= 4 is 5.69 Å². The third kappa shape index (κ3) is 2.07. The third-order valence-corrected chi connectivity index (χ3v) is 3.97. The minimum atomic E-state index is -0.317. The van der Waals surface area contributed by atoms with Gasteiger partial charge in [-0.2, -0.15) is 0 Å². The highest BCUT2D eigenvalue weighted by Gasteiger charge is 2.25. The van der Waals surface area contributed by atoms with Crippen LogP contribution >= 0.6 is 0 Å². The van der Waals surface area contributed by atoms with E-state index in [-0.39, 0.29) is 16.7 Å². The van der Waals surface area contributed by atoms with Crippen molar-refractivity contribution in [3.8, 4) is 5.75 Å². The number of nitrogens with zero attached hydrogens (tertiary/aromatic N) is 1. The second kappa shape index (κ2) is 4.59. The zero-order valence-electron chi connectivity index (χ0n) is 10.4. The Kier molecular flexibility index (Phi) is 2.94. The molecule has 0 saturated heterocycles. The molecule has 1 fully saturated rings. The molecule has 0 bridgehead atoms. The molecular weight excluding hydrogens is 230 g/mol. The van der Waals surface area contributed by atoms with E-state index in [0.29, 0.717) is 5.75 Å². The summed E-state index contributed by atoms with van der Waals surface area (Å²) in [4.78, 5) is 10.8. The molecule has 0 atom stereocenters. The van der Waals surface area contributed by atoms with E-state index >= 15 is 0 Å². The number of fused-ring (bicyclic) bond motifs is 1. The van der Waals surface area contributed by atoms with Crippen molar-refractivity contribution < 1.29 is 9.66 Å². The first-order chi connectivity index (χ1) is 8.74. The molecule has 0 unspecified atom stereocenters. The quantitative estimate of drug-likeness (QED) is 0.607. The van der Waals surface area contributed by atoms with Gasteiger partial charge in [0, 0.05) is 6.07 Å². The predicted molar refractivity (Wildman–Crippen MR) is 68.0 cm³/mol. The molecule has 1 aromatic rings. The van der Waals surface area contributed by atoms with E-state index < -0.39 is 0 Å². The maximum Gasteiger partial charge on any atom is 0.311 e. The average molecular weight is 247 g/mol. The molecule has 3 rings (SSSR count). The summed E-state index contributed by atoms with van der Waals surface area (Å²) in [6.45, 7) is 0. The summed E-state index contributed by atoms with van der Waals surface area (Å²) in [5, 5.41) is 11.1. The Balaban J connectivity index is 1.92. The van der Waals surface area contributed by atoms with Crippen molar-refractivity contribution in [1.82, 2.24) is 0 Å². The van der Waals surface area contributed by atoms with Gasteiger partial charge < -0.3 is 4.74 Å². The Morgan fingerprint density at radius 3 is 2.44 bits per heavy atom. The van der Waals surface area contributed by atoms with E-state index in [1.54, 1.807) is 6.07 Å². The molecule has 1 saturated carbocycles. The van der Waals surface area contributed by atoms with Gasteiger partial charge in [-0.1, -0.05) is 0 Å². The van der Waals surface area contributed by atoms with Gasteiger partial charge in [-0.3, -0.25) is 10.1 Å². The summed E-state index contributed by atoms with van der Waals surface area (Å²) in [7, 11) is 0. The minimum absolute atomic E-state index is 0.141. The van der Waals surface area contributed by atoms with Gasteiger partial charge in [0.15, 0.2) is 5.75 Å². The molecule has 0 radical (unpaired) electrons. The first kappa shape index (κ1) is 11.5. The van der Waals surface area contributed by atoms with Gasteiger partial charge in [0.1, 0.15) is 0 Å². The second-order valence-corrected chi connectivity index (χ2v) is 5.22. The second-order valence-electron chi connectivity index (χ2n) is 5.22. The number of ether oxygens (including phenoxy) is 1. The Labute approximate surface area is 106 Å². The molecule has 2 aliphatic carbocycles. The topological polar surface area (TPSA) is 52.4 Å². The van der Waals surface area contributed by atoms with Crippen molar-refractivity contribution in [3.05, 3.63) is 33.4 Å². The lowest BCUT2D eigenvalue weighted by Gasteiger charge is -2.14. The summed E-state index contributed by atoms with van der Waals surface area (Å²) in [5.41, 5.74) is 2.50. The lowest BCUT2D eigenvalue weighted by molar-refractivity contribution is -0.386. The molecular formula is C14H17NO3. The van der Waals surface area contributed by atoms with Crippen LogP contribution in [0.1, 0.15) is 43.2 Å². The largest absolute Gasteiger partial charge is 0.483 e. The van der Waals surface area contributed by atoms with Gasteiger partial charge >= 0.3 is 5.69 Å². The number of nitro groups is 1. The van der Waals surface area contributed by atoms with Crippen molar-refractivity contribution in [1.29, 1.82) is 0 Å². The Hall–Kier alpha value is -1.58. The molecule has 4 heteroatoms. The summed E-state index contributed by atoms with van der Waals surface area (Å²) in [5.74, 6) is 0.479. The lowest BCUT2D eigenvalue weighted by Crippen LogP contribution is -2.12. The smallest absolute Gasteiger partial charge is 0.311 e.